The molecule has 0 saturated heterocycles. The highest BCUT2D eigenvalue weighted by Gasteiger charge is 2.16. The SMILES string of the molecule is CCc1ccc2occ(C(=O)NCc3ncc4c(n3)CCC4)c2c1. The van der Waals surface area contributed by atoms with Crippen LogP contribution >= 0.6 is 0 Å². The maximum absolute atomic E-state index is 12.5. The fraction of sp³-hybridized carbons (Fsp3) is 0.316. The minimum absolute atomic E-state index is 0.161. The van der Waals surface area contributed by atoms with Gasteiger partial charge < -0.3 is 9.73 Å². The van der Waals surface area contributed by atoms with Gasteiger partial charge in [-0.25, -0.2) is 9.97 Å². The molecule has 1 N–H and O–H groups in total. The summed E-state index contributed by atoms with van der Waals surface area (Å²) in [6.07, 6.45) is 7.53. The normalized spacial score (nSPS) is 13.2. The summed E-state index contributed by atoms with van der Waals surface area (Å²) in [7, 11) is 0. The summed E-state index contributed by atoms with van der Waals surface area (Å²) in [5, 5.41) is 3.75. The van der Waals surface area contributed by atoms with Gasteiger partial charge in [-0.1, -0.05) is 13.0 Å². The molecular weight excluding hydrogens is 302 g/mol. The van der Waals surface area contributed by atoms with Crippen LogP contribution in [0.3, 0.4) is 0 Å². The second kappa shape index (κ2) is 6.07. The van der Waals surface area contributed by atoms with E-state index in [1.807, 2.05) is 24.4 Å². The van der Waals surface area contributed by atoms with Gasteiger partial charge in [-0.2, -0.15) is 0 Å². The second-order valence-corrected chi connectivity index (χ2v) is 6.13. The molecule has 0 radical (unpaired) electrons. The summed E-state index contributed by atoms with van der Waals surface area (Å²) >= 11 is 0. The molecule has 0 spiro atoms. The number of hydrogen-bond donors (Lipinski definition) is 1. The van der Waals surface area contributed by atoms with E-state index < -0.39 is 0 Å². The molecule has 5 heteroatoms. The minimum Gasteiger partial charge on any atom is -0.463 e. The van der Waals surface area contributed by atoms with Crippen molar-refractivity contribution >= 4 is 16.9 Å². The molecule has 1 amide bonds. The van der Waals surface area contributed by atoms with E-state index in [1.54, 1.807) is 0 Å². The van der Waals surface area contributed by atoms with Crippen LogP contribution in [0, 0.1) is 0 Å². The highest BCUT2D eigenvalue weighted by molar-refractivity contribution is 6.06. The molecule has 1 aliphatic rings. The molecule has 0 saturated carbocycles. The molecule has 122 valence electrons. The number of aryl methyl sites for hydroxylation is 3. The Morgan fingerprint density at radius 3 is 3.12 bits per heavy atom. The lowest BCUT2D eigenvalue weighted by Crippen LogP contribution is -2.24. The van der Waals surface area contributed by atoms with E-state index in [0.29, 0.717) is 17.9 Å². The molecule has 0 unspecified atom stereocenters. The smallest absolute Gasteiger partial charge is 0.255 e. The van der Waals surface area contributed by atoms with Gasteiger partial charge in [-0.3, -0.25) is 4.79 Å². The van der Waals surface area contributed by atoms with E-state index in [4.69, 9.17) is 4.42 Å². The van der Waals surface area contributed by atoms with Gasteiger partial charge in [0.2, 0.25) is 0 Å². The number of aromatic nitrogens is 2. The number of carbonyl (C=O) groups excluding carboxylic acids is 1. The predicted octanol–water partition coefficient (Wildman–Crippen LogP) is 3.20. The largest absolute Gasteiger partial charge is 0.463 e. The molecule has 4 rings (SSSR count). The molecule has 1 aromatic carbocycles. The van der Waals surface area contributed by atoms with Gasteiger partial charge in [0.25, 0.3) is 5.91 Å². The third-order valence-corrected chi connectivity index (χ3v) is 4.56. The van der Waals surface area contributed by atoms with Gasteiger partial charge in [-0.05, 0) is 48.9 Å². The molecule has 0 bridgehead atoms. The quantitative estimate of drug-likeness (QED) is 0.801. The Kier molecular flexibility index (Phi) is 3.76. The Morgan fingerprint density at radius 2 is 2.25 bits per heavy atom. The summed E-state index contributed by atoms with van der Waals surface area (Å²) in [5.74, 6) is 0.497. The van der Waals surface area contributed by atoms with Gasteiger partial charge in [0.05, 0.1) is 12.1 Å². The third kappa shape index (κ3) is 2.66. The van der Waals surface area contributed by atoms with E-state index in [1.165, 1.54) is 17.4 Å². The lowest BCUT2D eigenvalue weighted by atomic mass is 10.1. The van der Waals surface area contributed by atoms with E-state index >= 15 is 0 Å². The van der Waals surface area contributed by atoms with Gasteiger partial charge in [-0.15, -0.1) is 0 Å². The Hall–Kier alpha value is -2.69. The Bertz CT molecular complexity index is 914. The highest BCUT2D eigenvalue weighted by Crippen LogP contribution is 2.23. The number of furan rings is 1. The van der Waals surface area contributed by atoms with Gasteiger partial charge in [0.15, 0.2) is 0 Å². The zero-order valence-corrected chi connectivity index (χ0v) is 13.6. The standard InChI is InChI=1S/C19H19N3O2/c1-2-12-6-7-17-14(8-12)15(11-24-17)19(23)21-10-18-20-9-13-4-3-5-16(13)22-18/h6-9,11H,2-5,10H2,1H3,(H,21,23). The monoisotopic (exact) mass is 321 g/mol. The number of nitrogens with one attached hydrogen (secondary N) is 1. The van der Waals surface area contributed by atoms with Crippen LogP contribution in [0.2, 0.25) is 0 Å². The fourth-order valence-corrected chi connectivity index (χ4v) is 3.17. The van der Waals surface area contributed by atoms with Crippen LogP contribution in [0.25, 0.3) is 11.0 Å². The number of rotatable bonds is 4. The Labute approximate surface area is 140 Å². The van der Waals surface area contributed by atoms with Crippen LogP contribution in [0.4, 0.5) is 0 Å². The molecule has 24 heavy (non-hydrogen) atoms. The molecular formula is C19H19N3O2. The Balaban J connectivity index is 1.52. The maximum Gasteiger partial charge on any atom is 0.255 e. The topological polar surface area (TPSA) is 68.0 Å². The van der Waals surface area contributed by atoms with Crippen LogP contribution in [-0.4, -0.2) is 15.9 Å². The summed E-state index contributed by atoms with van der Waals surface area (Å²) in [4.78, 5) is 21.4. The molecule has 0 atom stereocenters. The molecule has 2 aromatic heterocycles. The van der Waals surface area contributed by atoms with E-state index in [2.05, 4.69) is 22.2 Å². The number of amides is 1. The van der Waals surface area contributed by atoms with Gasteiger partial charge in [0.1, 0.15) is 17.7 Å². The first-order valence-corrected chi connectivity index (χ1v) is 8.36. The number of carbonyl (C=O) groups is 1. The fourth-order valence-electron chi connectivity index (χ4n) is 3.17. The molecule has 0 aliphatic heterocycles. The van der Waals surface area contributed by atoms with Crippen LogP contribution in [0.1, 0.15) is 46.3 Å². The molecule has 3 aromatic rings. The molecule has 1 aliphatic carbocycles. The molecule has 2 heterocycles. The van der Waals surface area contributed by atoms with Crippen LogP contribution in [0.15, 0.2) is 35.1 Å². The summed E-state index contributed by atoms with van der Waals surface area (Å²) in [6.45, 7) is 2.42. The number of nitrogens with zero attached hydrogens (tertiary/aromatic N) is 2. The second-order valence-electron chi connectivity index (χ2n) is 6.13. The molecule has 0 fully saturated rings. The highest BCUT2D eigenvalue weighted by atomic mass is 16.3. The summed E-state index contributed by atoms with van der Waals surface area (Å²) in [5.41, 5.74) is 4.82. The average Bonchev–Trinajstić information content (AvgIpc) is 3.25. The van der Waals surface area contributed by atoms with Crippen LogP contribution in [0.5, 0.6) is 0 Å². The number of hydrogen-bond acceptors (Lipinski definition) is 4. The van der Waals surface area contributed by atoms with Gasteiger partial charge >= 0.3 is 0 Å². The third-order valence-electron chi connectivity index (χ3n) is 4.56. The first-order valence-electron chi connectivity index (χ1n) is 8.36. The van der Waals surface area contributed by atoms with Crippen molar-refractivity contribution in [3.8, 4) is 0 Å². The average molecular weight is 321 g/mol. The lowest BCUT2D eigenvalue weighted by Gasteiger charge is -2.05. The van der Waals surface area contributed by atoms with Crippen molar-refractivity contribution in [2.45, 2.75) is 39.2 Å². The zero-order chi connectivity index (χ0) is 16.5. The van der Waals surface area contributed by atoms with E-state index in [-0.39, 0.29) is 5.91 Å². The minimum atomic E-state index is -0.161. The Morgan fingerprint density at radius 1 is 1.33 bits per heavy atom. The van der Waals surface area contributed by atoms with Crippen molar-refractivity contribution in [2.24, 2.45) is 0 Å². The first-order chi connectivity index (χ1) is 11.7. The lowest BCUT2D eigenvalue weighted by molar-refractivity contribution is 0.0950. The van der Waals surface area contributed by atoms with Crippen molar-refractivity contribution in [1.82, 2.24) is 15.3 Å². The summed E-state index contributed by atoms with van der Waals surface area (Å²) in [6, 6.07) is 5.94. The maximum atomic E-state index is 12.5. The zero-order valence-electron chi connectivity index (χ0n) is 13.6. The first kappa shape index (κ1) is 14.9. The molecule has 5 nitrogen and oxygen atoms in total. The predicted molar refractivity (Wildman–Crippen MR) is 90.8 cm³/mol. The van der Waals surface area contributed by atoms with Crippen LogP contribution < -0.4 is 5.32 Å². The van der Waals surface area contributed by atoms with Crippen molar-refractivity contribution in [3.63, 3.8) is 0 Å². The van der Waals surface area contributed by atoms with E-state index in [9.17, 15) is 4.79 Å². The number of fused-ring (bicyclic) bond motifs is 2. The van der Waals surface area contributed by atoms with Crippen molar-refractivity contribution < 1.29 is 9.21 Å². The van der Waals surface area contributed by atoms with Crippen molar-refractivity contribution in [1.29, 1.82) is 0 Å². The van der Waals surface area contributed by atoms with Crippen molar-refractivity contribution in [3.05, 3.63) is 58.9 Å². The number of benzene rings is 1. The van der Waals surface area contributed by atoms with Crippen molar-refractivity contribution in [2.75, 3.05) is 0 Å². The summed E-state index contributed by atoms with van der Waals surface area (Å²) < 4.78 is 5.49. The van der Waals surface area contributed by atoms with Gasteiger partial charge in [0, 0.05) is 17.3 Å². The van der Waals surface area contributed by atoms with E-state index in [0.717, 1.165) is 42.3 Å². The van der Waals surface area contributed by atoms with Crippen LogP contribution in [-0.2, 0) is 25.8 Å².